The second kappa shape index (κ2) is 8.83. The molecule has 0 unspecified atom stereocenters. The molecule has 2 aliphatic heterocycles. The summed E-state index contributed by atoms with van der Waals surface area (Å²) in [4.78, 5) is 53.0. The highest BCUT2D eigenvalue weighted by Crippen LogP contribution is 2.33. The topological polar surface area (TPSA) is 119 Å². The fourth-order valence-electron chi connectivity index (χ4n) is 4.75. The molecule has 0 atom stereocenters. The van der Waals surface area contributed by atoms with Crippen LogP contribution < -0.4 is 15.5 Å². The third-order valence-corrected chi connectivity index (χ3v) is 6.58. The fourth-order valence-corrected chi connectivity index (χ4v) is 4.75. The van der Waals surface area contributed by atoms with Crippen molar-refractivity contribution in [2.45, 2.75) is 32.6 Å². The number of anilines is 2. The number of rotatable bonds is 4. The van der Waals surface area contributed by atoms with Crippen LogP contribution in [0.3, 0.4) is 0 Å². The predicted octanol–water partition coefficient (Wildman–Crippen LogP) is 3.40. The zero-order valence-electron chi connectivity index (χ0n) is 19.4. The summed E-state index contributed by atoms with van der Waals surface area (Å²) in [6, 6.07) is 13.4. The largest absolute Gasteiger partial charge is 0.350 e. The van der Waals surface area contributed by atoms with E-state index >= 15 is 0 Å². The first-order valence-electron chi connectivity index (χ1n) is 11.6. The minimum atomic E-state index is -0.760. The third-order valence-electron chi connectivity index (χ3n) is 6.58. The highest BCUT2D eigenvalue weighted by Gasteiger charge is 2.34. The maximum absolute atomic E-state index is 13.7. The van der Waals surface area contributed by atoms with Crippen molar-refractivity contribution in [2.24, 2.45) is 5.73 Å². The molecule has 2 aromatic carbocycles. The van der Waals surface area contributed by atoms with Gasteiger partial charge in [-0.3, -0.25) is 14.4 Å². The van der Waals surface area contributed by atoms with E-state index in [1.54, 1.807) is 34.1 Å². The molecule has 5 rings (SSSR count). The summed E-state index contributed by atoms with van der Waals surface area (Å²) >= 11 is 0. The number of hydrogen-bond donors (Lipinski definition) is 1. The highest BCUT2D eigenvalue weighted by molar-refractivity contribution is 6.12. The Balaban J connectivity index is 1.49. The normalized spacial score (nSPS) is 15.8. The number of Topliss-reactive ketones (excluding diaryl/α,β-unsaturated/α-hetero) is 1. The molecule has 3 aromatic rings. The SMILES string of the molecule is CC(=O)c1ccc(-c2nn(C(N)=O)c3c2C(=O)N(c2ccc(N4CCCCC4=O)cc2)CC3)cc1. The highest BCUT2D eigenvalue weighted by atomic mass is 16.2. The van der Waals surface area contributed by atoms with Crippen LogP contribution in [0.4, 0.5) is 16.2 Å². The van der Waals surface area contributed by atoms with Crippen molar-refractivity contribution < 1.29 is 19.2 Å². The number of nitrogens with two attached hydrogens (primary N) is 1. The molecule has 0 aliphatic carbocycles. The molecule has 0 radical (unpaired) electrons. The van der Waals surface area contributed by atoms with Gasteiger partial charge in [0.1, 0.15) is 5.69 Å². The van der Waals surface area contributed by atoms with E-state index in [0.29, 0.717) is 59.7 Å². The number of carbonyl (C=O) groups excluding carboxylic acids is 4. The number of carbonyl (C=O) groups is 4. The molecule has 9 nitrogen and oxygen atoms in total. The van der Waals surface area contributed by atoms with Crippen molar-refractivity contribution in [1.29, 1.82) is 0 Å². The van der Waals surface area contributed by atoms with Crippen LogP contribution in [0, 0.1) is 0 Å². The standard InChI is InChI=1S/C26H25N5O4/c1-16(32)17-5-7-18(8-6-17)24-23-21(31(28-24)26(27)35)13-15-30(25(23)34)20-11-9-19(10-12-20)29-14-3-2-4-22(29)33/h5-12H,2-4,13-15H2,1H3,(H2,27,35). The van der Waals surface area contributed by atoms with Gasteiger partial charge in [-0.05, 0) is 44.0 Å². The maximum atomic E-state index is 13.7. The molecule has 2 N–H and O–H groups in total. The second-order valence-corrected chi connectivity index (χ2v) is 8.78. The summed E-state index contributed by atoms with van der Waals surface area (Å²) < 4.78 is 1.09. The predicted molar refractivity (Wildman–Crippen MR) is 131 cm³/mol. The number of piperidine rings is 1. The molecule has 3 amide bonds. The van der Waals surface area contributed by atoms with Crippen molar-refractivity contribution >= 4 is 35.0 Å². The number of ketones is 1. The lowest BCUT2D eigenvalue weighted by Crippen LogP contribution is -2.39. The molecule has 3 heterocycles. The van der Waals surface area contributed by atoms with Crippen molar-refractivity contribution in [3.05, 3.63) is 65.4 Å². The van der Waals surface area contributed by atoms with Gasteiger partial charge >= 0.3 is 6.03 Å². The van der Waals surface area contributed by atoms with E-state index in [1.807, 2.05) is 24.3 Å². The molecule has 35 heavy (non-hydrogen) atoms. The molecule has 9 heteroatoms. The zero-order valence-corrected chi connectivity index (χ0v) is 19.4. The number of hydrogen-bond acceptors (Lipinski definition) is 5. The van der Waals surface area contributed by atoms with Crippen molar-refractivity contribution in [3.8, 4) is 11.3 Å². The van der Waals surface area contributed by atoms with Crippen LogP contribution >= 0.6 is 0 Å². The van der Waals surface area contributed by atoms with E-state index in [1.165, 1.54) is 6.92 Å². The Kier molecular flexibility index (Phi) is 5.68. The first-order chi connectivity index (χ1) is 16.8. The summed E-state index contributed by atoms with van der Waals surface area (Å²) in [5, 5.41) is 4.36. The Bertz CT molecular complexity index is 1340. The number of fused-ring (bicyclic) bond motifs is 1. The van der Waals surface area contributed by atoms with Crippen LogP contribution in [0.2, 0.25) is 0 Å². The van der Waals surface area contributed by atoms with Gasteiger partial charge in [-0.15, -0.1) is 0 Å². The van der Waals surface area contributed by atoms with Crippen LogP contribution in [-0.4, -0.2) is 46.5 Å². The van der Waals surface area contributed by atoms with Gasteiger partial charge in [-0.2, -0.15) is 9.78 Å². The average molecular weight is 472 g/mol. The monoisotopic (exact) mass is 471 g/mol. The van der Waals surface area contributed by atoms with Crippen LogP contribution in [-0.2, 0) is 11.2 Å². The van der Waals surface area contributed by atoms with E-state index in [0.717, 1.165) is 23.2 Å². The van der Waals surface area contributed by atoms with Gasteiger partial charge < -0.3 is 15.5 Å². The Morgan fingerprint density at radius 3 is 2.11 bits per heavy atom. The molecule has 1 fully saturated rings. The van der Waals surface area contributed by atoms with Gasteiger partial charge in [0.25, 0.3) is 5.91 Å². The molecule has 178 valence electrons. The summed E-state index contributed by atoms with van der Waals surface area (Å²) in [5.74, 6) is -0.244. The van der Waals surface area contributed by atoms with Gasteiger partial charge in [0.2, 0.25) is 5.91 Å². The summed E-state index contributed by atoms with van der Waals surface area (Å²) in [5.41, 5.74) is 9.34. The lowest BCUT2D eigenvalue weighted by atomic mass is 9.98. The van der Waals surface area contributed by atoms with Crippen LogP contribution in [0.25, 0.3) is 11.3 Å². The first kappa shape index (κ1) is 22.5. The number of benzene rings is 2. The Labute approximate surface area is 202 Å². The molecular formula is C26H25N5O4. The second-order valence-electron chi connectivity index (χ2n) is 8.78. The molecule has 1 aromatic heterocycles. The van der Waals surface area contributed by atoms with E-state index in [9.17, 15) is 19.2 Å². The molecule has 0 spiro atoms. The van der Waals surface area contributed by atoms with E-state index in [2.05, 4.69) is 5.10 Å². The number of aromatic nitrogens is 2. The quantitative estimate of drug-likeness (QED) is 0.585. The molecule has 0 bridgehead atoms. The van der Waals surface area contributed by atoms with Gasteiger partial charge in [0, 0.05) is 48.4 Å². The Morgan fingerprint density at radius 1 is 0.857 bits per heavy atom. The molecule has 0 saturated carbocycles. The van der Waals surface area contributed by atoms with Gasteiger partial charge in [-0.25, -0.2) is 4.79 Å². The molecular weight excluding hydrogens is 446 g/mol. The third kappa shape index (κ3) is 3.99. The fraction of sp³-hybridized carbons (Fsp3) is 0.269. The maximum Gasteiger partial charge on any atom is 0.339 e. The smallest absolute Gasteiger partial charge is 0.339 e. The van der Waals surface area contributed by atoms with Gasteiger partial charge in [-0.1, -0.05) is 24.3 Å². The molecule has 2 aliphatic rings. The summed E-state index contributed by atoms with van der Waals surface area (Å²) in [7, 11) is 0. The Morgan fingerprint density at radius 2 is 1.51 bits per heavy atom. The summed E-state index contributed by atoms with van der Waals surface area (Å²) in [6.45, 7) is 2.53. The van der Waals surface area contributed by atoms with Gasteiger partial charge in [0.05, 0.1) is 11.3 Å². The summed E-state index contributed by atoms with van der Waals surface area (Å²) in [6.07, 6.45) is 2.84. The zero-order chi connectivity index (χ0) is 24.7. The van der Waals surface area contributed by atoms with E-state index in [-0.39, 0.29) is 17.6 Å². The van der Waals surface area contributed by atoms with Crippen molar-refractivity contribution in [3.63, 3.8) is 0 Å². The number of primary amides is 1. The van der Waals surface area contributed by atoms with E-state index < -0.39 is 6.03 Å². The minimum Gasteiger partial charge on any atom is -0.350 e. The molecule has 1 saturated heterocycles. The number of amides is 3. The van der Waals surface area contributed by atoms with Crippen LogP contribution in [0.5, 0.6) is 0 Å². The van der Waals surface area contributed by atoms with Gasteiger partial charge in [0.15, 0.2) is 5.78 Å². The Hall–Kier alpha value is -4.27. The first-order valence-corrected chi connectivity index (χ1v) is 11.6. The minimum absolute atomic E-state index is 0.0711. The van der Waals surface area contributed by atoms with Crippen LogP contribution in [0.1, 0.15) is 52.6 Å². The lowest BCUT2D eigenvalue weighted by molar-refractivity contribution is -0.119. The lowest BCUT2D eigenvalue weighted by Gasteiger charge is -2.29. The van der Waals surface area contributed by atoms with E-state index in [4.69, 9.17) is 5.73 Å². The van der Waals surface area contributed by atoms with Crippen LogP contribution in [0.15, 0.2) is 48.5 Å². The average Bonchev–Trinajstić information content (AvgIpc) is 3.26. The number of nitrogens with zero attached hydrogens (tertiary/aromatic N) is 4. The van der Waals surface area contributed by atoms with Crippen molar-refractivity contribution in [1.82, 2.24) is 9.78 Å². The van der Waals surface area contributed by atoms with Crippen molar-refractivity contribution in [2.75, 3.05) is 22.9 Å².